The number of rotatable bonds is 1. The molecule has 2 rings (SSSR count). The molecular weight excluding hydrogens is 152 g/mol. The topological polar surface area (TPSA) is 46.3 Å². The molecule has 0 aromatic rings. The molecule has 0 aromatic heterocycles. The zero-order valence-electron chi connectivity index (χ0n) is 7.33. The fraction of sp³-hybridized carbons (Fsp3) is 0.889. The maximum absolute atomic E-state index is 11.4. The Balaban J connectivity index is 1.98. The summed E-state index contributed by atoms with van der Waals surface area (Å²) in [6.07, 6.45) is 5.51. The van der Waals surface area contributed by atoms with Crippen LogP contribution in [0, 0.1) is 0 Å². The third kappa shape index (κ3) is 1.33. The highest BCUT2D eigenvalue weighted by molar-refractivity contribution is 5.79. The first-order chi connectivity index (χ1) is 5.77. The first kappa shape index (κ1) is 8.05. The Labute approximate surface area is 72.9 Å². The molecule has 2 fully saturated rings. The maximum atomic E-state index is 11.4. The van der Waals surface area contributed by atoms with Gasteiger partial charge in [-0.3, -0.25) is 4.79 Å². The van der Waals surface area contributed by atoms with Crippen molar-refractivity contribution in [1.82, 2.24) is 4.90 Å². The predicted octanol–water partition coefficient (Wildman–Crippen LogP) is 0.489. The second-order valence-corrected chi connectivity index (χ2v) is 3.95. The van der Waals surface area contributed by atoms with Crippen LogP contribution in [0.25, 0.3) is 0 Å². The van der Waals surface area contributed by atoms with Gasteiger partial charge in [-0.25, -0.2) is 0 Å². The highest BCUT2D eigenvalue weighted by Crippen LogP contribution is 2.26. The van der Waals surface area contributed by atoms with Gasteiger partial charge in [0.1, 0.15) is 0 Å². The van der Waals surface area contributed by atoms with E-state index in [2.05, 4.69) is 0 Å². The Kier molecular flexibility index (Phi) is 2.05. The zero-order chi connectivity index (χ0) is 8.55. The van der Waals surface area contributed by atoms with E-state index in [0.717, 1.165) is 6.54 Å². The van der Waals surface area contributed by atoms with Gasteiger partial charge < -0.3 is 10.6 Å². The van der Waals surface area contributed by atoms with Crippen LogP contribution in [0.5, 0.6) is 0 Å². The van der Waals surface area contributed by atoms with Crippen LogP contribution in [0.2, 0.25) is 0 Å². The molecule has 1 aliphatic carbocycles. The van der Waals surface area contributed by atoms with Crippen molar-refractivity contribution in [3.63, 3.8) is 0 Å². The number of amides is 1. The monoisotopic (exact) mass is 168 g/mol. The van der Waals surface area contributed by atoms with Gasteiger partial charge >= 0.3 is 0 Å². The lowest BCUT2D eigenvalue weighted by molar-refractivity contribution is -0.129. The quantitative estimate of drug-likeness (QED) is 0.619. The van der Waals surface area contributed by atoms with E-state index in [4.69, 9.17) is 5.73 Å². The van der Waals surface area contributed by atoms with Crippen molar-refractivity contribution < 1.29 is 4.79 Å². The van der Waals surface area contributed by atoms with Gasteiger partial charge in [0.25, 0.3) is 0 Å². The fourth-order valence-electron chi connectivity index (χ4n) is 2.33. The van der Waals surface area contributed by atoms with Crippen molar-refractivity contribution in [2.75, 3.05) is 6.54 Å². The van der Waals surface area contributed by atoms with Crippen LogP contribution in [0.3, 0.4) is 0 Å². The zero-order valence-corrected chi connectivity index (χ0v) is 7.33. The van der Waals surface area contributed by atoms with E-state index in [1.165, 1.54) is 25.7 Å². The number of hydrogen-bond donors (Lipinski definition) is 1. The summed E-state index contributed by atoms with van der Waals surface area (Å²) in [5, 5.41) is 0. The number of nitrogens with two attached hydrogens (primary N) is 1. The van der Waals surface area contributed by atoms with Gasteiger partial charge in [0.15, 0.2) is 0 Å². The lowest BCUT2D eigenvalue weighted by atomic mass is 10.2. The Bertz CT molecular complexity index is 187. The van der Waals surface area contributed by atoms with Crippen molar-refractivity contribution in [3.05, 3.63) is 0 Å². The Hall–Kier alpha value is -0.570. The summed E-state index contributed by atoms with van der Waals surface area (Å²) in [4.78, 5) is 13.4. The van der Waals surface area contributed by atoms with E-state index >= 15 is 0 Å². The maximum Gasteiger partial charge on any atom is 0.224 e. The summed E-state index contributed by atoms with van der Waals surface area (Å²) >= 11 is 0. The van der Waals surface area contributed by atoms with E-state index in [1.54, 1.807) is 0 Å². The molecule has 3 heteroatoms. The molecule has 12 heavy (non-hydrogen) atoms. The van der Waals surface area contributed by atoms with Gasteiger partial charge in [-0.1, -0.05) is 12.8 Å². The Morgan fingerprint density at radius 2 is 2.00 bits per heavy atom. The average molecular weight is 168 g/mol. The fourth-order valence-corrected chi connectivity index (χ4v) is 2.33. The van der Waals surface area contributed by atoms with Crippen LogP contribution < -0.4 is 5.73 Å². The molecule has 1 saturated carbocycles. The van der Waals surface area contributed by atoms with Crippen LogP contribution in [0.1, 0.15) is 32.1 Å². The minimum absolute atomic E-state index is 0.0955. The molecule has 0 spiro atoms. The third-order valence-corrected chi connectivity index (χ3v) is 2.95. The third-order valence-electron chi connectivity index (χ3n) is 2.95. The number of hydrogen-bond acceptors (Lipinski definition) is 2. The standard InChI is InChI=1S/C9H16N2O/c10-7-5-9(12)11(6-7)8-3-1-2-4-8/h7-8H,1-6,10H2. The van der Waals surface area contributed by atoms with Crippen molar-refractivity contribution in [2.45, 2.75) is 44.2 Å². The molecule has 68 valence electrons. The molecule has 0 radical (unpaired) electrons. The lowest BCUT2D eigenvalue weighted by Crippen LogP contribution is -2.36. The van der Waals surface area contributed by atoms with Gasteiger partial charge in [-0.2, -0.15) is 0 Å². The molecule has 1 heterocycles. The van der Waals surface area contributed by atoms with Crippen LogP contribution in [-0.2, 0) is 4.79 Å². The van der Waals surface area contributed by atoms with Crippen molar-refractivity contribution in [2.24, 2.45) is 5.73 Å². The Morgan fingerprint density at radius 1 is 1.33 bits per heavy atom. The minimum atomic E-state index is 0.0955. The molecule has 1 unspecified atom stereocenters. The first-order valence-corrected chi connectivity index (χ1v) is 4.82. The number of likely N-dealkylation sites (tertiary alicyclic amines) is 1. The molecule has 1 amide bonds. The summed E-state index contributed by atoms with van der Waals surface area (Å²) in [5.41, 5.74) is 5.72. The van der Waals surface area contributed by atoms with Crippen LogP contribution in [-0.4, -0.2) is 29.4 Å². The number of nitrogens with zero attached hydrogens (tertiary/aromatic N) is 1. The summed E-state index contributed by atoms with van der Waals surface area (Å²) in [5.74, 6) is 0.273. The lowest BCUT2D eigenvalue weighted by Gasteiger charge is -2.23. The smallest absolute Gasteiger partial charge is 0.224 e. The van der Waals surface area contributed by atoms with E-state index in [9.17, 15) is 4.79 Å². The van der Waals surface area contributed by atoms with Gasteiger partial charge in [-0.05, 0) is 12.8 Å². The van der Waals surface area contributed by atoms with Gasteiger partial charge in [-0.15, -0.1) is 0 Å². The Morgan fingerprint density at radius 3 is 2.50 bits per heavy atom. The van der Waals surface area contributed by atoms with Crippen LogP contribution in [0.4, 0.5) is 0 Å². The predicted molar refractivity (Wildman–Crippen MR) is 46.6 cm³/mol. The molecule has 0 aromatic carbocycles. The SMILES string of the molecule is NC1CC(=O)N(C2CCCC2)C1. The normalized spacial score (nSPS) is 31.9. The second-order valence-electron chi connectivity index (χ2n) is 3.95. The summed E-state index contributed by atoms with van der Waals surface area (Å²) in [6, 6.07) is 0.615. The molecule has 1 aliphatic heterocycles. The molecule has 1 atom stereocenters. The molecule has 0 bridgehead atoms. The first-order valence-electron chi connectivity index (χ1n) is 4.82. The molecular formula is C9H16N2O. The van der Waals surface area contributed by atoms with E-state index in [0.29, 0.717) is 12.5 Å². The summed E-state index contributed by atoms with van der Waals surface area (Å²) in [6.45, 7) is 0.795. The molecule has 1 saturated heterocycles. The highest BCUT2D eigenvalue weighted by atomic mass is 16.2. The number of carbonyl (C=O) groups is 1. The largest absolute Gasteiger partial charge is 0.338 e. The number of carbonyl (C=O) groups excluding carboxylic acids is 1. The summed E-state index contributed by atoms with van der Waals surface area (Å²) in [7, 11) is 0. The van der Waals surface area contributed by atoms with Gasteiger partial charge in [0, 0.05) is 25.0 Å². The van der Waals surface area contributed by atoms with Gasteiger partial charge in [0.05, 0.1) is 0 Å². The van der Waals surface area contributed by atoms with E-state index < -0.39 is 0 Å². The summed E-state index contributed by atoms with van der Waals surface area (Å²) < 4.78 is 0. The van der Waals surface area contributed by atoms with E-state index in [-0.39, 0.29) is 11.9 Å². The second kappa shape index (κ2) is 3.05. The minimum Gasteiger partial charge on any atom is -0.338 e. The van der Waals surface area contributed by atoms with E-state index in [1.807, 2.05) is 4.90 Å². The highest BCUT2D eigenvalue weighted by Gasteiger charge is 2.33. The van der Waals surface area contributed by atoms with Crippen molar-refractivity contribution in [1.29, 1.82) is 0 Å². The molecule has 3 nitrogen and oxygen atoms in total. The van der Waals surface area contributed by atoms with Crippen LogP contribution >= 0.6 is 0 Å². The van der Waals surface area contributed by atoms with Crippen molar-refractivity contribution >= 4 is 5.91 Å². The molecule has 2 N–H and O–H groups in total. The van der Waals surface area contributed by atoms with Crippen LogP contribution in [0.15, 0.2) is 0 Å². The molecule has 2 aliphatic rings. The van der Waals surface area contributed by atoms with Gasteiger partial charge in [0.2, 0.25) is 5.91 Å². The van der Waals surface area contributed by atoms with Crippen molar-refractivity contribution in [3.8, 4) is 0 Å². The average Bonchev–Trinajstić information content (AvgIpc) is 2.58.